The van der Waals surface area contributed by atoms with E-state index in [2.05, 4.69) is 7.85 Å². The summed E-state index contributed by atoms with van der Waals surface area (Å²) in [6.45, 7) is 0. The Labute approximate surface area is 32.4 Å². The van der Waals surface area contributed by atoms with Crippen molar-refractivity contribution in [3.8, 4) is 5.97 Å². The highest BCUT2D eigenvalue weighted by atomic mass is 35.5. The first-order valence-corrected chi connectivity index (χ1v) is 0.512. The molecule has 0 unspecified atom stereocenters. The van der Waals surface area contributed by atoms with Crippen molar-refractivity contribution in [1.29, 1.82) is 5.26 Å². The Bertz CT molecular complexity index is 29.5. The lowest BCUT2D eigenvalue weighted by Gasteiger charge is -1.12. The molecule has 0 spiro atoms. The van der Waals surface area contributed by atoms with Gasteiger partial charge in [0.05, 0.1) is 0 Å². The average molecular weight is 73.3 g/mol. The maximum absolute atomic E-state index is 7.10. The third kappa shape index (κ3) is 54.8. The van der Waals surface area contributed by atoms with Crippen molar-refractivity contribution in [3.63, 3.8) is 0 Å². The minimum Gasteiger partial charge on any atom is -0.214 e. The second-order valence-electron chi connectivity index (χ2n) is 0.129. The van der Waals surface area contributed by atoms with Crippen molar-refractivity contribution in [2.24, 2.45) is 0 Å². The summed E-state index contributed by atoms with van der Waals surface area (Å²) < 4.78 is 0. The van der Waals surface area contributed by atoms with Crippen LogP contribution < -0.4 is 0 Å². The van der Waals surface area contributed by atoms with Gasteiger partial charge in [0.15, 0.2) is 0 Å². The van der Waals surface area contributed by atoms with Gasteiger partial charge < -0.3 is 0 Å². The lowest BCUT2D eigenvalue weighted by Crippen LogP contribution is -1.32. The Kier molecular flexibility index (Phi) is 31.0. The molecule has 0 saturated carbocycles. The molecule has 4 heavy (non-hydrogen) atoms. The second-order valence-corrected chi connectivity index (χ2v) is 0.129. The van der Waals surface area contributed by atoms with Crippen molar-refractivity contribution in [2.45, 2.75) is 0 Å². The molecule has 0 amide bonds. The fraction of sp³-hybridized carbons (Fsp3) is 0. The molecule has 0 rings (SSSR count). The average Bonchev–Trinajstić information content (AvgIpc) is 0.918. The van der Waals surface area contributed by atoms with Crippen LogP contribution in [0, 0.1) is 11.2 Å². The van der Waals surface area contributed by atoms with E-state index in [1.807, 2.05) is 0 Å². The van der Waals surface area contributed by atoms with Gasteiger partial charge in [-0.2, -0.15) is 0 Å². The molecule has 0 aliphatic rings. The van der Waals surface area contributed by atoms with E-state index in [-0.39, 0.29) is 12.4 Å². The molecule has 0 heterocycles. The molecule has 1 nitrogen and oxygen atoms in total. The highest BCUT2D eigenvalue weighted by molar-refractivity contribution is 6.20. The standard InChI is InChI=1S/CBN.ClH/c2-1-3;/h;1H. The molecule has 0 fully saturated rings. The lowest BCUT2D eigenvalue weighted by atomic mass is 10.2. The third-order valence-corrected chi connectivity index (χ3v) is 0. The van der Waals surface area contributed by atoms with Crippen LogP contribution in [0.4, 0.5) is 0 Å². The molecule has 0 N–H and O–H groups in total. The van der Waals surface area contributed by atoms with Gasteiger partial charge >= 0.3 is 0 Å². The van der Waals surface area contributed by atoms with E-state index in [0.717, 1.165) is 0 Å². The molecule has 20 valence electrons. The smallest absolute Gasteiger partial charge is 0.214 e. The Balaban J connectivity index is 0. The molecular formula is CHBClN. The van der Waals surface area contributed by atoms with Crippen LogP contribution in [0.1, 0.15) is 0 Å². The summed E-state index contributed by atoms with van der Waals surface area (Å²) in [6, 6.07) is 0. The quantitative estimate of drug-likeness (QED) is 0.372. The monoisotopic (exact) mass is 73.0 g/mol. The molecule has 0 aliphatic carbocycles. The second kappa shape index (κ2) is 13.6. The highest BCUT2D eigenvalue weighted by Gasteiger charge is 1.22. The number of hydrogen-bond acceptors (Lipinski definition) is 1. The molecule has 0 saturated heterocycles. The normalized spacial score (nSPS) is 1.75. The van der Waals surface area contributed by atoms with E-state index in [1.54, 1.807) is 0 Å². The van der Waals surface area contributed by atoms with Gasteiger partial charge in [-0.15, -0.1) is 12.4 Å². The first kappa shape index (κ1) is 9.14. The van der Waals surface area contributed by atoms with Gasteiger partial charge in [-0.1, -0.05) is 0 Å². The first-order valence-electron chi connectivity index (χ1n) is 0.512. The Morgan fingerprint density at radius 2 is 1.75 bits per heavy atom. The van der Waals surface area contributed by atoms with Crippen LogP contribution in [-0.2, 0) is 0 Å². The van der Waals surface area contributed by atoms with Gasteiger partial charge in [0.1, 0.15) is 0 Å². The minimum absolute atomic E-state index is 0. The predicted octanol–water partition coefficient (Wildman–Crippen LogP) is 0.0578. The predicted molar refractivity (Wildman–Crippen MR) is 18.6 cm³/mol. The number of halogens is 1. The molecule has 2 radical (unpaired) electrons. The fourth-order valence-corrected chi connectivity index (χ4v) is 0. The van der Waals surface area contributed by atoms with Crippen LogP contribution >= 0.6 is 12.4 Å². The van der Waals surface area contributed by atoms with Gasteiger partial charge in [-0.3, -0.25) is 0 Å². The number of rotatable bonds is 0. The van der Waals surface area contributed by atoms with Crippen LogP contribution in [0.2, 0.25) is 0 Å². The topological polar surface area (TPSA) is 23.8 Å². The van der Waals surface area contributed by atoms with Gasteiger partial charge in [-0.05, 0) is 5.97 Å². The summed E-state index contributed by atoms with van der Waals surface area (Å²) in [5, 5.41) is 7.10. The Hall–Kier alpha value is -0.155. The van der Waals surface area contributed by atoms with E-state index in [1.165, 1.54) is 5.97 Å². The van der Waals surface area contributed by atoms with Crippen LogP contribution in [0.25, 0.3) is 0 Å². The van der Waals surface area contributed by atoms with Crippen LogP contribution in [-0.4, -0.2) is 7.85 Å². The molecular weight excluding hydrogens is 72.3 g/mol. The van der Waals surface area contributed by atoms with Crippen LogP contribution in [0.15, 0.2) is 0 Å². The summed E-state index contributed by atoms with van der Waals surface area (Å²) in [6.07, 6.45) is 0. The largest absolute Gasteiger partial charge is 0.229 e. The van der Waals surface area contributed by atoms with Crippen molar-refractivity contribution >= 4 is 20.3 Å². The maximum Gasteiger partial charge on any atom is 0.229 e. The third-order valence-electron chi connectivity index (χ3n) is 0. The van der Waals surface area contributed by atoms with E-state index < -0.39 is 0 Å². The van der Waals surface area contributed by atoms with Gasteiger partial charge in [0, 0.05) is 0 Å². The summed E-state index contributed by atoms with van der Waals surface area (Å²) in [7, 11) is 4.15. The number of nitrogens with zero attached hydrogens (tertiary/aromatic N) is 1. The Morgan fingerprint density at radius 1 is 1.75 bits per heavy atom. The lowest BCUT2D eigenvalue weighted by molar-refractivity contribution is 1.57. The zero-order chi connectivity index (χ0) is 2.71. The Morgan fingerprint density at radius 3 is 1.75 bits per heavy atom. The first-order chi connectivity index (χ1) is 1.41. The number of nitriles is 1. The van der Waals surface area contributed by atoms with Crippen molar-refractivity contribution in [3.05, 3.63) is 0 Å². The summed E-state index contributed by atoms with van der Waals surface area (Å²) in [5.74, 6) is 1.25. The van der Waals surface area contributed by atoms with E-state index in [4.69, 9.17) is 5.26 Å². The fourth-order valence-electron chi connectivity index (χ4n) is 0. The molecule has 0 atom stereocenters. The van der Waals surface area contributed by atoms with Crippen molar-refractivity contribution in [1.82, 2.24) is 0 Å². The molecule has 0 aromatic heterocycles. The zero-order valence-electron chi connectivity index (χ0n) is 1.93. The molecule has 0 bridgehead atoms. The number of hydrogen-bond donors (Lipinski definition) is 0. The SMILES string of the molecule is Cl.[B]C#N. The van der Waals surface area contributed by atoms with Crippen LogP contribution in [0.3, 0.4) is 0 Å². The summed E-state index contributed by atoms with van der Waals surface area (Å²) in [5.41, 5.74) is 0. The van der Waals surface area contributed by atoms with Crippen molar-refractivity contribution < 1.29 is 0 Å². The van der Waals surface area contributed by atoms with Gasteiger partial charge in [-0.25, -0.2) is 5.26 Å². The van der Waals surface area contributed by atoms with Gasteiger partial charge in [0.25, 0.3) is 0 Å². The minimum atomic E-state index is 0. The molecule has 3 heteroatoms. The van der Waals surface area contributed by atoms with E-state index in [0.29, 0.717) is 0 Å². The van der Waals surface area contributed by atoms with Crippen LogP contribution in [0.5, 0.6) is 0 Å². The molecule has 0 aromatic rings. The summed E-state index contributed by atoms with van der Waals surface area (Å²) >= 11 is 0. The van der Waals surface area contributed by atoms with E-state index >= 15 is 0 Å². The van der Waals surface area contributed by atoms with Crippen molar-refractivity contribution in [2.75, 3.05) is 0 Å². The van der Waals surface area contributed by atoms with E-state index in [9.17, 15) is 0 Å². The zero-order valence-corrected chi connectivity index (χ0v) is 2.75. The maximum atomic E-state index is 7.10. The highest BCUT2D eigenvalue weighted by Crippen LogP contribution is 1.04. The van der Waals surface area contributed by atoms with Gasteiger partial charge in [0.2, 0.25) is 7.85 Å². The summed E-state index contributed by atoms with van der Waals surface area (Å²) in [4.78, 5) is 0. The molecule has 0 aromatic carbocycles. The molecule has 0 aliphatic heterocycles.